The van der Waals surface area contributed by atoms with E-state index in [1.807, 2.05) is 0 Å². The van der Waals surface area contributed by atoms with E-state index >= 15 is 0 Å². The van der Waals surface area contributed by atoms with Crippen LogP contribution in [0.1, 0.15) is 18.4 Å². The number of nitrogens with zero attached hydrogens (tertiary/aromatic N) is 2. The summed E-state index contributed by atoms with van der Waals surface area (Å²) < 4.78 is 25.3. The Morgan fingerprint density at radius 1 is 1.27 bits per heavy atom. The van der Waals surface area contributed by atoms with Gasteiger partial charge in [0.05, 0.1) is 11.3 Å². The molecule has 2 rings (SSSR count). The summed E-state index contributed by atoms with van der Waals surface area (Å²) in [4.78, 5) is 24.3. The third-order valence-corrected chi connectivity index (χ3v) is 5.39. The van der Waals surface area contributed by atoms with Gasteiger partial charge in [0.2, 0.25) is 15.9 Å². The van der Waals surface area contributed by atoms with E-state index in [1.165, 1.54) is 25.1 Å². The maximum atomic E-state index is 12.1. The van der Waals surface area contributed by atoms with Crippen molar-refractivity contribution in [3.8, 4) is 0 Å². The Labute approximate surface area is 129 Å². The topological polar surface area (TPSA) is 95.0 Å². The van der Waals surface area contributed by atoms with Crippen LogP contribution in [0.4, 0.5) is 5.69 Å². The molecule has 0 radical (unpaired) electrons. The number of hydrogen-bond donors (Lipinski definition) is 1. The molecule has 1 aromatic rings. The van der Waals surface area contributed by atoms with Crippen molar-refractivity contribution in [2.75, 3.05) is 25.5 Å². The quantitative estimate of drug-likeness (QED) is 0.859. The van der Waals surface area contributed by atoms with Gasteiger partial charge in [0.25, 0.3) is 0 Å². The molecule has 1 N–H and O–H groups in total. The van der Waals surface area contributed by atoms with Crippen molar-refractivity contribution < 1.29 is 23.1 Å². The van der Waals surface area contributed by atoms with Crippen LogP contribution in [0.2, 0.25) is 0 Å². The van der Waals surface area contributed by atoms with E-state index in [1.54, 1.807) is 12.1 Å². The largest absolute Gasteiger partial charge is 0.481 e. The van der Waals surface area contributed by atoms with Gasteiger partial charge in [-0.05, 0) is 30.2 Å². The van der Waals surface area contributed by atoms with E-state index in [9.17, 15) is 18.0 Å². The Hall–Kier alpha value is -1.93. The second kappa shape index (κ2) is 6.05. The molecule has 0 unspecified atom stereocenters. The zero-order valence-corrected chi connectivity index (χ0v) is 13.3. The normalized spacial score (nSPS) is 14.2. The lowest BCUT2D eigenvalue weighted by atomic mass is 10.2. The molecule has 1 heterocycles. The second-order valence-corrected chi connectivity index (χ2v) is 7.42. The number of carbonyl (C=O) groups is 2. The average molecular weight is 326 g/mol. The molecule has 0 saturated carbocycles. The Balaban J connectivity index is 2.24. The Kier molecular flexibility index (Phi) is 4.52. The maximum absolute atomic E-state index is 12.1. The van der Waals surface area contributed by atoms with Gasteiger partial charge in [0.1, 0.15) is 0 Å². The van der Waals surface area contributed by atoms with E-state index in [4.69, 9.17) is 5.11 Å². The van der Waals surface area contributed by atoms with Gasteiger partial charge >= 0.3 is 5.97 Å². The summed E-state index contributed by atoms with van der Waals surface area (Å²) in [7, 11) is -0.580. The van der Waals surface area contributed by atoms with Crippen molar-refractivity contribution >= 4 is 27.6 Å². The van der Waals surface area contributed by atoms with E-state index in [0.717, 1.165) is 9.87 Å². The predicted octanol–water partition coefficient (Wildman–Crippen LogP) is 0.691. The monoisotopic (exact) mass is 326 g/mol. The first-order chi connectivity index (χ1) is 10.2. The Morgan fingerprint density at radius 2 is 1.95 bits per heavy atom. The Morgan fingerprint density at radius 3 is 2.55 bits per heavy atom. The molecular weight excluding hydrogens is 308 g/mol. The van der Waals surface area contributed by atoms with Crippen molar-refractivity contribution in [3.05, 3.63) is 23.8 Å². The smallest absolute Gasteiger partial charge is 0.303 e. The summed E-state index contributed by atoms with van der Waals surface area (Å²) in [6, 6.07) is 4.66. The van der Waals surface area contributed by atoms with E-state index in [0.29, 0.717) is 18.7 Å². The molecular formula is C14H18N2O5S. The van der Waals surface area contributed by atoms with Gasteiger partial charge in [-0.15, -0.1) is 0 Å². The van der Waals surface area contributed by atoms with E-state index in [-0.39, 0.29) is 23.6 Å². The highest BCUT2D eigenvalue weighted by Gasteiger charge is 2.27. The van der Waals surface area contributed by atoms with Crippen LogP contribution in [-0.2, 0) is 26.0 Å². The fourth-order valence-electron chi connectivity index (χ4n) is 2.36. The van der Waals surface area contributed by atoms with Crippen LogP contribution in [0.3, 0.4) is 0 Å². The number of fused-ring (bicyclic) bond motifs is 1. The molecule has 0 aromatic heterocycles. The SMILES string of the molecule is CN(C)S(=O)(=O)c1ccc2c(c1)CCN2C(=O)CCC(=O)O. The predicted molar refractivity (Wildman–Crippen MR) is 80.2 cm³/mol. The number of carbonyl (C=O) groups excluding carboxylic acids is 1. The first-order valence-electron chi connectivity index (χ1n) is 6.81. The van der Waals surface area contributed by atoms with Crippen molar-refractivity contribution in [3.63, 3.8) is 0 Å². The highest BCUT2D eigenvalue weighted by molar-refractivity contribution is 7.89. The molecule has 0 atom stereocenters. The second-order valence-electron chi connectivity index (χ2n) is 5.27. The molecule has 0 bridgehead atoms. The van der Waals surface area contributed by atoms with E-state index in [2.05, 4.69) is 0 Å². The summed E-state index contributed by atoms with van der Waals surface area (Å²) >= 11 is 0. The molecule has 0 spiro atoms. The maximum Gasteiger partial charge on any atom is 0.303 e. The molecule has 22 heavy (non-hydrogen) atoms. The zero-order valence-electron chi connectivity index (χ0n) is 12.4. The van der Waals surface area contributed by atoms with Crippen LogP contribution < -0.4 is 4.90 Å². The Bertz CT molecular complexity index is 712. The van der Waals surface area contributed by atoms with Gasteiger partial charge in [-0.25, -0.2) is 12.7 Å². The van der Waals surface area contributed by atoms with E-state index < -0.39 is 16.0 Å². The summed E-state index contributed by atoms with van der Waals surface area (Å²) in [5.41, 5.74) is 1.44. The van der Waals surface area contributed by atoms with Gasteiger partial charge in [0, 0.05) is 32.7 Å². The van der Waals surface area contributed by atoms with Crippen LogP contribution in [0.5, 0.6) is 0 Å². The number of amides is 1. The van der Waals surface area contributed by atoms with Crippen molar-refractivity contribution in [1.82, 2.24) is 4.31 Å². The average Bonchev–Trinajstić information content (AvgIpc) is 2.87. The van der Waals surface area contributed by atoms with Gasteiger partial charge in [-0.2, -0.15) is 0 Å². The van der Waals surface area contributed by atoms with Crippen LogP contribution in [0.15, 0.2) is 23.1 Å². The number of sulfonamides is 1. The molecule has 1 amide bonds. The van der Waals surface area contributed by atoms with Gasteiger partial charge in [-0.3, -0.25) is 9.59 Å². The molecule has 0 aliphatic carbocycles. The molecule has 120 valence electrons. The van der Waals surface area contributed by atoms with Gasteiger partial charge < -0.3 is 10.0 Å². The molecule has 7 nitrogen and oxygen atoms in total. The van der Waals surface area contributed by atoms with Crippen molar-refractivity contribution in [2.24, 2.45) is 0 Å². The zero-order chi connectivity index (χ0) is 16.5. The molecule has 0 fully saturated rings. The number of benzene rings is 1. The minimum Gasteiger partial charge on any atom is -0.481 e. The first-order valence-corrected chi connectivity index (χ1v) is 8.25. The van der Waals surface area contributed by atoms with Crippen LogP contribution in [-0.4, -0.2) is 50.3 Å². The molecule has 1 aromatic carbocycles. The number of carboxylic acid groups (broad SMARTS) is 1. The minimum absolute atomic E-state index is 0.0630. The van der Waals surface area contributed by atoms with Crippen LogP contribution >= 0.6 is 0 Å². The molecule has 8 heteroatoms. The lowest BCUT2D eigenvalue weighted by Gasteiger charge is -2.17. The number of anilines is 1. The first kappa shape index (κ1) is 16.4. The summed E-state index contributed by atoms with van der Waals surface area (Å²) in [5.74, 6) is -1.27. The van der Waals surface area contributed by atoms with Crippen molar-refractivity contribution in [1.29, 1.82) is 0 Å². The third kappa shape index (κ3) is 3.12. The number of hydrogen-bond acceptors (Lipinski definition) is 4. The van der Waals surface area contributed by atoms with Crippen molar-refractivity contribution in [2.45, 2.75) is 24.2 Å². The highest BCUT2D eigenvalue weighted by atomic mass is 32.2. The summed E-state index contributed by atoms with van der Waals surface area (Å²) in [6.45, 7) is 0.444. The summed E-state index contributed by atoms with van der Waals surface area (Å²) in [6.07, 6.45) is 0.287. The number of rotatable bonds is 5. The number of aliphatic carboxylic acids is 1. The minimum atomic E-state index is -3.51. The molecule has 1 aliphatic rings. The third-order valence-electron chi connectivity index (χ3n) is 3.58. The van der Waals surface area contributed by atoms with Crippen LogP contribution in [0, 0.1) is 0 Å². The van der Waals surface area contributed by atoms with Gasteiger partial charge in [-0.1, -0.05) is 0 Å². The fourth-order valence-corrected chi connectivity index (χ4v) is 3.31. The lowest BCUT2D eigenvalue weighted by Crippen LogP contribution is -2.29. The lowest BCUT2D eigenvalue weighted by molar-refractivity contribution is -0.138. The summed E-state index contributed by atoms with van der Waals surface area (Å²) in [5, 5.41) is 8.64. The van der Waals surface area contributed by atoms with Crippen LogP contribution in [0.25, 0.3) is 0 Å². The van der Waals surface area contributed by atoms with Gasteiger partial charge in [0.15, 0.2) is 0 Å². The fraction of sp³-hybridized carbons (Fsp3) is 0.429. The highest BCUT2D eigenvalue weighted by Crippen LogP contribution is 2.31. The molecule has 0 saturated heterocycles. The standard InChI is InChI=1S/C14H18N2O5S/c1-15(2)22(20,21)11-3-4-12-10(9-11)7-8-16(12)13(17)5-6-14(18)19/h3-4,9H,5-8H2,1-2H3,(H,18,19). The number of carboxylic acids is 1. The molecule has 1 aliphatic heterocycles.